The van der Waals surface area contributed by atoms with Crippen LogP contribution in [-0.2, 0) is 0 Å². The summed E-state index contributed by atoms with van der Waals surface area (Å²) in [4.78, 5) is 14.5. The van der Waals surface area contributed by atoms with Crippen LogP contribution in [0.4, 0.5) is 9.80 Å². The zero-order chi connectivity index (χ0) is 18.0. The topological polar surface area (TPSA) is 64.6 Å². The van der Waals surface area contributed by atoms with Gasteiger partial charge in [-0.1, -0.05) is 29.8 Å². The lowest BCUT2D eigenvalue weighted by atomic mass is 9.91. The van der Waals surface area contributed by atoms with E-state index in [0.717, 1.165) is 23.2 Å². The van der Waals surface area contributed by atoms with Crippen LogP contribution in [-0.4, -0.2) is 47.3 Å². The molecule has 2 heterocycles. The van der Waals surface area contributed by atoms with E-state index in [-0.39, 0.29) is 12.6 Å². The maximum absolute atomic E-state index is 12.2. The number of anilines is 1. The number of piperidine rings is 1. The van der Waals surface area contributed by atoms with Gasteiger partial charge in [-0.3, -0.25) is 5.32 Å². The average Bonchev–Trinajstić information content (AvgIpc) is 2.90. The van der Waals surface area contributed by atoms with Gasteiger partial charge in [0.25, 0.3) is 0 Å². The fourth-order valence-electron chi connectivity index (χ4n) is 3.12. The number of nitrogens with zero attached hydrogens (tertiary/aromatic N) is 1. The van der Waals surface area contributed by atoms with Gasteiger partial charge < -0.3 is 15.3 Å². The molecule has 2 amide bonds. The van der Waals surface area contributed by atoms with E-state index in [0.29, 0.717) is 28.9 Å². The molecule has 1 aromatic carbocycles. The van der Waals surface area contributed by atoms with Crippen molar-refractivity contribution in [3.63, 3.8) is 0 Å². The summed E-state index contributed by atoms with van der Waals surface area (Å²) in [5.41, 5.74) is -0.841. The van der Waals surface area contributed by atoms with Gasteiger partial charge in [0.2, 0.25) is 0 Å². The van der Waals surface area contributed by atoms with Gasteiger partial charge in [-0.25, -0.2) is 4.79 Å². The molecule has 0 radical (unpaired) electrons. The summed E-state index contributed by atoms with van der Waals surface area (Å²) in [6, 6.07) is 7.91. The predicted molar refractivity (Wildman–Crippen MR) is 105 cm³/mol. The molecule has 1 aliphatic heterocycles. The average molecular weight is 382 g/mol. The van der Waals surface area contributed by atoms with Crippen LogP contribution in [0.25, 0.3) is 10.1 Å². The van der Waals surface area contributed by atoms with Crippen molar-refractivity contribution in [3.05, 3.63) is 29.3 Å². The minimum Gasteiger partial charge on any atom is -0.388 e. The van der Waals surface area contributed by atoms with Gasteiger partial charge in [-0.15, -0.1) is 11.3 Å². The van der Waals surface area contributed by atoms with E-state index >= 15 is 0 Å². The second-order valence-electron chi connectivity index (χ2n) is 6.90. The molecule has 1 saturated heterocycles. The molecule has 3 N–H and O–H groups in total. The number of thiophene rings is 1. The summed E-state index contributed by atoms with van der Waals surface area (Å²) in [6.45, 7) is 6.25. The number of carbonyl (C=O) groups is 1. The first-order valence-corrected chi connectivity index (χ1v) is 9.76. The number of hydrogen-bond donors (Lipinski definition) is 3. The Balaban J connectivity index is 1.55. The normalized spacial score (nSPS) is 17.8. The van der Waals surface area contributed by atoms with Crippen LogP contribution in [0.3, 0.4) is 0 Å². The molecule has 7 heteroatoms. The van der Waals surface area contributed by atoms with Gasteiger partial charge in [0.15, 0.2) is 0 Å². The van der Waals surface area contributed by atoms with E-state index < -0.39 is 5.60 Å². The Labute approximate surface area is 157 Å². The Morgan fingerprint density at radius 2 is 2.04 bits per heavy atom. The van der Waals surface area contributed by atoms with Crippen LogP contribution in [0.15, 0.2) is 24.3 Å². The number of nitrogens with one attached hydrogen (secondary N) is 2. The Hall–Kier alpha value is -1.34. The van der Waals surface area contributed by atoms with E-state index in [1.54, 1.807) is 0 Å². The van der Waals surface area contributed by atoms with Gasteiger partial charge in [0.1, 0.15) is 5.00 Å². The third-order valence-corrected chi connectivity index (χ3v) is 6.39. The van der Waals surface area contributed by atoms with E-state index in [2.05, 4.69) is 29.4 Å². The molecule has 25 heavy (non-hydrogen) atoms. The van der Waals surface area contributed by atoms with Crippen molar-refractivity contribution in [2.75, 3.05) is 25.0 Å². The van der Waals surface area contributed by atoms with Crippen LogP contribution >= 0.6 is 22.9 Å². The summed E-state index contributed by atoms with van der Waals surface area (Å²) in [7, 11) is 0. The number of benzene rings is 1. The zero-order valence-corrected chi connectivity index (χ0v) is 16.1. The van der Waals surface area contributed by atoms with E-state index in [1.165, 1.54) is 11.3 Å². The quantitative estimate of drug-likeness (QED) is 0.752. The molecule has 1 aliphatic rings. The first-order valence-electron chi connectivity index (χ1n) is 8.56. The van der Waals surface area contributed by atoms with Gasteiger partial charge in [-0.05, 0) is 32.8 Å². The number of urea groups is 1. The standard InChI is InChI=1S/C18H24ClN3O2S/c1-12(2)22-9-7-18(24,8-10-22)11-20-17(23)21-16-15(19)13-5-3-4-6-14(13)25-16/h3-6,12,24H,7-11H2,1-2H3,(H2,20,21,23). The van der Waals surface area contributed by atoms with Crippen molar-refractivity contribution in [1.82, 2.24) is 10.2 Å². The number of hydrogen-bond acceptors (Lipinski definition) is 4. The number of carbonyl (C=O) groups excluding carboxylic acids is 1. The largest absolute Gasteiger partial charge is 0.388 e. The third-order valence-electron chi connectivity index (χ3n) is 4.80. The second-order valence-corrected chi connectivity index (χ2v) is 8.33. The Kier molecular flexibility index (Phi) is 5.53. The molecule has 0 atom stereocenters. The SMILES string of the molecule is CC(C)N1CCC(O)(CNC(=O)Nc2sc3ccccc3c2Cl)CC1. The van der Waals surface area contributed by atoms with Gasteiger partial charge in [0, 0.05) is 35.8 Å². The summed E-state index contributed by atoms with van der Waals surface area (Å²) in [6.07, 6.45) is 1.32. The Morgan fingerprint density at radius 3 is 2.68 bits per heavy atom. The molecule has 0 aliphatic carbocycles. The highest BCUT2D eigenvalue weighted by molar-refractivity contribution is 7.23. The summed E-state index contributed by atoms with van der Waals surface area (Å²) in [5.74, 6) is 0. The molecule has 0 spiro atoms. The highest BCUT2D eigenvalue weighted by Gasteiger charge is 2.33. The first-order chi connectivity index (χ1) is 11.9. The summed E-state index contributed by atoms with van der Waals surface area (Å²) < 4.78 is 1.03. The number of fused-ring (bicyclic) bond motifs is 1. The molecule has 0 saturated carbocycles. The highest BCUT2D eigenvalue weighted by Crippen LogP contribution is 2.39. The maximum Gasteiger partial charge on any atom is 0.319 e. The van der Waals surface area contributed by atoms with Crippen LogP contribution in [0, 0.1) is 0 Å². The number of rotatable bonds is 4. The molecule has 5 nitrogen and oxygen atoms in total. The van der Waals surface area contributed by atoms with Crippen LogP contribution in [0.1, 0.15) is 26.7 Å². The number of amides is 2. The molecule has 0 unspecified atom stereocenters. The monoisotopic (exact) mass is 381 g/mol. The molecule has 0 bridgehead atoms. The van der Waals surface area contributed by atoms with Gasteiger partial charge in [0.05, 0.1) is 10.6 Å². The minimum atomic E-state index is -0.841. The zero-order valence-electron chi connectivity index (χ0n) is 14.5. The maximum atomic E-state index is 12.2. The smallest absolute Gasteiger partial charge is 0.319 e. The van der Waals surface area contributed by atoms with Crippen LogP contribution in [0.5, 0.6) is 0 Å². The molecule has 3 rings (SSSR count). The van der Waals surface area contributed by atoms with E-state index in [9.17, 15) is 9.90 Å². The first kappa shape index (κ1) is 18.5. The predicted octanol–water partition coefficient (Wildman–Crippen LogP) is 3.91. The Morgan fingerprint density at radius 1 is 1.36 bits per heavy atom. The van der Waals surface area contributed by atoms with Crippen LogP contribution in [0.2, 0.25) is 5.02 Å². The molecule has 136 valence electrons. The lowest BCUT2D eigenvalue weighted by Gasteiger charge is -2.40. The van der Waals surface area contributed by atoms with Gasteiger partial charge in [-0.2, -0.15) is 0 Å². The van der Waals surface area contributed by atoms with Crippen LogP contribution < -0.4 is 10.6 Å². The minimum absolute atomic E-state index is 0.243. The molecular formula is C18H24ClN3O2S. The van der Waals surface area contributed by atoms with Crippen molar-refractivity contribution < 1.29 is 9.90 Å². The third kappa shape index (κ3) is 4.26. The molecule has 2 aromatic rings. The fraction of sp³-hybridized carbons (Fsp3) is 0.500. The summed E-state index contributed by atoms with van der Waals surface area (Å²) in [5, 5.41) is 18.4. The number of likely N-dealkylation sites (tertiary alicyclic amines) is 1. The Bertz CT molecular complexity index is 754. The van der Waals surface area contributed by atoms with Crippen molar-refractivity contribution in [3.8, 4) is 0 Å². The lowest BCUT2D eigenvalue weighted by molar-refractivity contribution is -0.0242. The highest BCUT2D eigenvalue weighted by atomic mass is 35.5. The number of halogens is 1. The van der Waals surface area contributed by atoms with Crippen molar-refractivity contribution in [1.29, 1.82) is 0 Å². The van der Waals surface area contributed by atoms with E-state index in [1.807, 2.05) is 24.3 Å². The van der Waals surface area contributed by atoms with E-state index in [4.69, 9.17) is 11.6 Å². The molecular weight excluding hydrogens is 358 g/mol. The summed E-state index contributed by atoms with van der Waals surface area (Å²) >= 11 is 7.78. The fourth-order valence-corrected chi connectivity index (χ4v) is 4.49. The second kappa shape index (κ2) is 7.50. The van der Waals surface area contributed by atoms with Gasteiger partial charge >= 0.3 is 6.03 Å². The van der Waals surface area contributed by atoms with Crippen molar-refractivity contribution >= 4 is 44.1 Å². The molecule has 1 fully saturated rings. The molecule has 1 aromatic heterocycles. The number of aliphatic hydroxyl groups is 1. The van der Waals surface area contributed by atoms with Crippen molar-refractivity contribution in [2.45, 2.75) is 38.3 Å². The van der Waals surface area contributed by atoms with Crippen molar-refractivity contribution in [2.24, 2.45) is 0 Å². The lowest BCUT2D eigenvalue weighted by Crippen LogP contribution is -2.52.